The number of likely N-dealkylation sites (tertiary alicyclic amines) is 1. The van der Waals surface area contributed by atoms with Gasteiger partial charge in [-0.15, -0.1) is 0 Å². The molecule has 2 aliphatic heterocycles. The van der Waals surface area contributed by atoms with Crippen molar-refractivity contribution in [2.45, 2.75) is 45.4 Å². The van der Waals surface area contributed by atoms with Crippen molar-refractivity contribution in [3.8, 4) is 11.5 Å². The molecule has 7 nitrogen and oxygen atoms in total. The average molecular weight is 477 g/mol. The molecule has 184 valence electrons. The number of carbonyl (C=O) groups excluding carboxylic acids is 2. The maximum atomic E-state index is 13.6. The van der Waals surface area contributed by atoms with Crippen molar-refractivity contribution in [3.05, 3.63) is 59.3 Å². The number of benzene rings is 2. The molecule has 0 radical (unpaired) electrons. The van der Waals surface area contributed by atoms with Gasteiger partial charge in [0, 0.05) is 42.5 Å². The predicted octanol–water partition coefficient (Wildman–Crippen LogP) is 4.78. The molecule has 1 fully saturated rings. The number of hydrogen-bond donors (Lipinski definition) is 1. The lowest BCUT2D eigenvalue weighted by Gasteiger charge is -2.32. The van der Waals surface area contributed by atoms with E-state index in [0.717, 1.165) is 47.0 Å². The highest BCUT2D eigenvalue weighted by Crippen LogP contribution is 2.40. The summed E-state index contributed by atoms with van der Waals surface area (Å²) in [6.07, 6.45) is 4.82. The van der Waals surface area contributed by atoms with Gasteiger partial charge < -0.3 is 24.1 Å². The summed E-state index contributed by atoms with van der Waals surface area (Å²) in [7, 11) is 0. The topological polar surface area (TPSA) is 80.9 Å². The van der Waals surface area contributed by atoms with E-state index in [0.29, 0.717) is 31.9 Å². The zero-order valence-corrected chi connectivity index (χ0v) is 20.3. The summed E-state index contributed by atoms with van der Waals surface area (Å²) in [5.41, 5.74) is 4.45. The third-order valence-corrected chi connectivity index (χ3v) is 7.16. The van der Waals surface area contributed by atoms with Crippen LogP contribution < -0.4 is 9.47 Å². The average Bonchev–Trinajstić information content (AvgIpc) is 3.54. The van der Waals surface area contributed by atoms with Crippen LogP contribution in [0.3, 0.4) is 0 Å². The first-order valence-corrected chi connectivity index (χ1v) is 12.5. The van der Waals surface area contributed by atoms with Crippen molar-refractivity contribution in [3.63, 3.8) is 0 Å². The van der Waals surface area contributed by atoms with E-state index in [1.165, 1.54) is 5.56 Å². The van der Waals surface area contributed by atoms with Gasteiger partial charge in [0.05, 0.1) is 12.5 Å². The number of fused-ring (bicyclic) bond motifs is 2. The fourth-order valence-corrected chi connectivity index (χ4v) is 5.32. The van der Waals surface area contributed by atoms with Crippen molar-refractivity contribution in [1.29, 1.82) is 0 Å². The number of nitrogens with one attached hydrogen (secondary N) is 1. The molecule has 0 saturated carbocycles. The summed E-state index contributed by atoms with van der Waals surface area (Å²) < 4.78 is 16.4. The summed E-state index contributed by atoms with van der Waals surface area (Å²) >= 11 is 0. The number of H-pyrrole nitrogens is 1. The van der Waals surface area contributed by atoms with E-state index in [-0.39, 0.29) is 30.5 Å². The van der Waals surface area contributed by atoms with Crippen molar-refractivity contribution in [2.75, 3.05) is 26.5 Å². The standard InChI is InChI=1S/C28H32N2O5/c1-3-18-7-5-9-21-23(15-29-27(18)21)22(19-10-11-24-25(13-19)35-17-34-24)14-26(31)30-12-6-8-20(16-30)28(32)33-4-2/h5,7,9-11,13,15,20,22,29H,3-4,6,8,12,14,16-17H2,1-2H3. The number of aromatic nitrogens is 1. The Hall–Kier alpha value is -3.48. The van der Waals surface area contributed by atoms with Crippen LogP contribution in [0.1, 0.15) is 55.7 Å². The van der Waals surface area contributed by atoms with Crippen LogP contribution in [0.5, 0.6) is 11.5 Å². The smallest absolute Gasteiger partial charge is 0.310 e. The minimum atomic E-state index is -0.253. The number of aromatic amines is 1. The lowest BCUT2D eigenvalue weighted by Crippen LogP contribution is -2.43. The molecule has 1 amide bonds. The largest absolute Gasteiger partial charge is 0.466 e. The van der Waals surface area contributed by atoms with Crippen LogP contribution in [-0.2, 0) is 20.7 Å². The number of para-hydroxylation sites is 1. The molecule has 7 heteroatoms. The van der Waals surface area contributed by atoms with E-state index in [1.54, 1.807) is 0 Å². The van der Waals surface area contributed by atoms with Crippen LogP contribution in [-0.4, -0.2) is 48.2 Å². The van der Waals surface area contributed by atoms with E-state index >= 15 is 0 Å². The van der Waals surface area contributed by atoms with Crippen LogP contribution in [0.15, 0.2) is 42.6 Å². The second-order valence-electron chi connectivity index (χ2n) is 9.24. The fourth-order valence-electron chi connectivity index (χ4n) is 5.32. The maximum absolute atomic E-state index is 13.6. The molecule has 2 aliphatic rings. The number of nitrogens with zero attached hydrogens (tertiary/aromatic N) is 1. The Balaban J connectivity index is 1.47. The monoisotopic (exact) mass is 476 g/mol. The second-order valence-corrected chi connectivity index (χ2v) is 9.24. The SMILES string of the molecule is CCOC(=O)C1CCCN(C(=O)CC(c2ccc3c(c2)OCO3)c2c[nH]c3c(CC)cccc23)C1. The Bertz CT molecular complexity index is 1230. The minimum absolute atomic E-state index is 0.0441. The molecule has 2 unspecified atom stereocenters. The third kappa shape index (κ3) is 4.59. The van der Waals surface area contributed by atoms with Crippen LogP contribution >= 0.6 is 0 Å². The molecule has 3 aromatic rings. The van der Waals surface area contributed by atoms with Gasteiger partial charge in [0.1, 0.15) is 0 Å². The summed E-state index contributed by atoms with van der Waals surface area (Å²) in [4.78, 5) is 31.2. The highest BCUT2D eigenvalue weighted by atomic mass is 16.7. The van der Waals surface area contributed by atoms with Crippen LogP contribution in [0.2, 0.25) is 0 Å². The Morgan fingerprint density at radius 2 is 2.03 bits per heavy atom. The van der Waals surface area contributed by atoms with Gasteiger partial charge in [0.25, 0.3) is 0 Å². The summed E-state index contributed by atoms with van der Waals surface area (Å²) in [5.74, 6) is 0.843. The lowest BCUT2D eigenvalue weighted by molar-refractivity contribution is -0.151. The highest BCUT2D eigenvalue weighted by Gasteiger charge is 2.32. The molecule has 2 aromatic carbocycles. The van der Waals surface area contributed by atoms with Crippen molar-refractivity contribution >= 4 is 22.8 Å². The van der Waals surface area contributed by atoms with Crippen molar-refractivity contribution in [1.82, 2.24) is 9.88 Å². The number of rotatable bonds is 7. The quantitative estimate of drug-likeness (QED) is 0.496. The highest BCUT2D eigenvalue weighted by molar-refractivity contribution is 5.88. The minimum Gasteiger partial charge on any atom is -0.466 e. The fraction of sp³-hybridized carbons (Fsp3) is 0.429. The van der Waals surface area contributed by atoms with E-state index in [2.05, 4.69) is 30.1 Å². The first-order chi connectivity index (χ1) is 17.1. The molecule has 1 aromatic heterocycles. The van der Waals surface area contributed by atoms with E-state index < -0.39 is 0 Å². The van der Waals surface area contributed by atoms with E-state index in [1.807, 2.05) is 36.2 Å². The molecule has 0 bridgehead atoms. The Kier molecular flexibility index (Phi) is 6.66. The van der Waals surface area contributed by atoms with E-state index in [9.17, 15) is 9.59 Å². The van der Waals surface area contributed by atoms with Gasteiger partial charge in [-0.1, -0.05) is 31.2 Å². The number of esters is 1. The third-order valence-electron chi connectivity index (χ3n) is 7.16. The van der Waals surface area contributed by atoms with Crippen LogP contribution in [0, 0.1) is 5.92 Å². The van der Waals surface area contributed by atoms with Gasteiger partial charge in [-0.2, -0.15) is 0 Å². The molecule has 1 saturated heterocycles. The predicted molar refractivity (Wildman–Crippen MR) is 133 cm³/mol. The number of aryl methyl sites for hydroxylation is 1. The first-order valence-electron chi connectivity index (χ1n) is 12.5. The summed E-state index contributed by atoms with van der Waals surface area (Å²) in [6.45, 7) is 5.60. The number of ether oxygens (including phenoxy) is 3. The summed E-state index contributed by atoms with van der Waals surface area (Å²) in [5, 5.41) is 1.13. The molecule has 2 atom stereocenters. The number of carbonyl (C=O) groups is 2. The molecule has 0 spiro atoms. The zero-order chi connectivity index (χ0) is 24.4. The van der Waals surface area contributed by atoms with Crippen molar-refractivity contribution < 1.29 is 23.8 Å². The normalized spacial score (nSPS) is 18.0. The Morgan fingerprint density at radius 1 is 1.17 bits per heavy atom. The van der Waals surface area contributed by atoms with E-state index in [4.69, 9.17) is 14.2 Å². The van der Waals surface area contributed by atoms with Crippen LogP contribution in [0.4, 0.5) is 0 Å². The molecular weight excluding hydrogens is 444 g/mol. The van der Waals surface area contributed by atoms with Gasteiger partial charge >= 0.3 is 5.97 Å². The molecule has 0 aliphatic carbocycles. The first kappa shape index (κ1) is 23.3. The molecule has 3 heterocycles. The summed E-state index contributed by atoms with van der Waals surface area (Å²) in [6, 6.07) is 12.2. The number of hydrogen-bond acceptors (Lipinski definition) is 5. The molecular formula is C28H32N2O5. The lowest BCUT2D eigenvalue weighted by atomic mass is 9.86. The van der Waals surface area contributed by atoms with Gasteiger partial charge in [-0.3, -0.25) is 9.59 Å². The van der Waals surface area contributed by atoms with Gasteiger partial charge in [-0.05, 0) is 55.0 Å². The van der Waals surface area contributed by atoms with Crippen molar-refractivity contribution in [2.24, 2.45) is 5.92 Å². The van der Waals surface area contributed by atoms with Crippen LogP contribution in [0.25, 0.3) is 10.9 Å². The maximum Gasteiger partial charge on any atom is 0.310 e. The van der Waals surface area contributed by atoms with Gasteiger partial charge in [-0.25, -0.2) is 0 Å². The second kappa shape index (κ2) is 10.0. The Morgan fingerprint density at radius 3 is 2.86 bits per heavy atom. The number of amides is 1. The van der Waals surface area contributed by atoms with Gasteiger partial charge in [0.2, 0.25) is 12.7 Å². The zero-order valence-electron chi connectivity index (χ0n) is 20.3. The molecule has 5 rings (SSSR count). The number of piperidine rings is 1. The Labute approximate surface area is 205 Å². The molecule has 35 heavy (non-hydrogen) atoms. The van der Waals surface area contributed by atoms with Gasteiger partial charge in [0.15, 0.2) is 11.5 Å². The molecule has 1 N–H and O–H groups in total.